The Morgan fingerprint density at radius 3 is 2.53 bits per heavy atom. The van der Waals surface area contributed by atoms with E-state index in [0.29, 0.717) is 6.42 Å². The fraction of sp³-hybridized carbons (Fsp3) is 0.692. The molecule has 6 heteroatoms. The predicted octanol–water partition coefficient (Wildman–Crippen LogP) is 2.46. The molecule has 0 spiro atoms. The third-order valence-electron chi connectivity index (χ3n) is 3.00. The van der Waals surface area contributed by atoms with Gasteiger partial charge in [-0.25, -0.2) is 0 Å². The molecule has 0 fully saturated rings. The Bertz CT molecular complexity index is 465. The molecule has 4 nitrogen and oxygen atoms in total. The minimum absolute atomic E-state index is 0.189. The third-order valence-corrected chi connectivity index (χ3v) is 4.34. The van der Waals surface area contributed by atoms with Gasteiger partial charge in [-0.1, -0.05) is 0 Å². The third kappa shape index (κ3) is 5.42. The number of amides is 1. The number of carbonyl (C=O) groups excluding carboxylic acids is 1. The molecule has 0 aromatic carbocycles. The minimum Gasteiger partial charge on any atom is -0.343 e. The molecule has 0 aliphatic heterocycles. The standard InChI is InChI=1S/C13H23N3OS2/c1-5-16(8-6-7-15(3)4)12(17)9-11-10(2)14-13(18)19-11/h5-9H2,1-4H3,(H,14,18). The molecule has 0 aliphatic rings. The van der Waals surface area contributed by atoms with Crippen molar-refractivity contribution in [3.8, 4) is 0 Å². The van der Waals surface area contributed by atoms with Crippen LogP contribution in [0, 0.1) is 10.9 Å². The zero-order chi connectivity index (χ0) is 14.4. The molecule has 1 aromatic heterocycles. The van der Waals surface area contributed by atoms with Crippen LogP contribution in [0.1, 0.15) is 23.9 Å². The van der Waals surface area contributed by atoms with Gasteiger partial charge in [0.05, 0.1) is 6.42 Å². The number of likely N-dealkylation sites (N-methyl/N-ethyl adjacent to an activating group) is 1. The maximum absolute atomic E-state index is 12.3. The van der Waals surface area contributed by atoms with E-state index < -0.39 is 0 Å². The highest BCUT2D eigenvalue weighted by Crippen LogP contribution is 2.16. The van der Waals surface area contributed by atoms with Crippen molar-refractivity contribution in [1.29, 1.82) is 0 Å². The number of hydrogen-bond acceptors (Lipinski definition) is 4. The number of aromatic nitrogens is 1. The summed E-state index contributed by atoms with van der Waals surface area (Å²) in [5.74, 6) is 0.189. The Morgan fingerprint density at radius 1 is 1.37 bits per heavy atom. The quantitative estimate of drug-likeness (QED) is 0.786. The van der Waals surface area contributed by atoms with Crippen LogP contribution in [0.25, 0.3) is 0 Å². The minimum atomic E-state index is 0.189. The Labute approximate surface area is 124 Å². The number of nitrogens with zero attached hydrogens (tertiary/aromatic N) is 2. The van der Waals surface area contributed by atoms with Gasteiger partial charge in [-0.05, 0) is 53.1 Å². The molecule has 0 unspecified atom stereocenters. The molecule has 1 heterocycles. The van der Waals surface area contributed by atoms with Crippen LogP contribution in [-0.2, 0) is 11.2 Å². The smallest absolute Gasteiger partial charge is 0.227 e. The summed E-state index contributed by atoms with van der Waals surface area (Å²) >= 11 is 6.60. The second kappa shape index (κ2) is 7.77. The molecular weight excluding hydrogens is 278 g/mol. The largest absolute Gasteiger partial charge is 0.343 e. The molecule has 0 radical (unpaired) electrons. The lowest BCUT2D eigenvalue weighted by atomic mass is 10.2. The van der Waals surface area contributed by atoms with Gasteiger partial charge < -0.3 is 14.8 Å². The van der Waals surface area contributed by atoms with Crippen molar-refractivity contribution in [2.45, 2.75) is 26.7 Å². The highest BCUT2D eigenvalue weighted by molar-refractivity contribution is 7.73. The Hall–Kier alpha value is -0.720. The fourth-order valence-electron chi connectivity index (χ4n) is 1.89. The zero-order valence-electron chi connectivity index (χ0n) is 12.2. The van der Waals surface area contributed by atoms with Gasteiger partial charge in [-0.15, -0.1) is 11.3 Å². The molecule has 1 N–H and O–H groups in total. The summed E-state index contributed by atoms with van der Waals surface area (Å²) in [6.45, 7) is 6.59. The number of rotatable bonds is 7. The van der Waals surface area contributed by atoms with Crippen LogP contribution in [0.2, 0.25) is 0 Å². The van der Waals surface area contributed by atoms with Gasteiger partial charge in [-0.3, -0.25) is 4.79 Å². The predicted molar refractivity (Wildman–Crippen MR) is 83.4 cm³/mol. The number of hydrogen-bond donors (Lipinski definition) is 1. The molecule has 0 atom stereocenters. The maximum Gasteiger partial charge on any atom is 0.227 e. The van der Waals surface area contributed by atoms with E-state index in [1.54, 1.807) is 0 Å². The lowest BCUT2D eigenvalue weighted by Crippen LogP contribution is -2.34. The molecule has 0 saturated heterocycles. The van der Waals surface area contributed by atoms with Crippen molar-refractivity contribution in [2.75, 3.05) is 33.7 Å². The summed E-state index contributed by atoms with van der Waals surface area (Å²) in [7, 11) is 4.10. The first-order valence-corrected chi connectivity index (χ1v) is 7.77. The van der Waals surface area contributed by atoms with Crippen LogP contribution in [0.4, 0.5) is 0 Å². The van der Waals surface area contributed by atoms with E-state index in [1.165, 1.54) is 11.3 Å². The van der Waals surface area contributed by atoms with Gasteiger partial charge in [0, 0.05) is 23.7 Å². The summed E-state index contributed by atoms with van der Waals surface area (Å²) in [5, 5.41) is 0. The number of H-pyrrole nitrogens is 1. The van der Waals surface area contributed by atoms with Gasteiger partial charge in [0.2, 0.25) is 5.91 Å². The lowest BCUT2D eigenvalue weighted by molar-refractivity contribution is -0.130. The monoisotopic (exact) mass is 301 g/mol. The average molecular weight is 301 g/mol. The number of carbonyl (C=O) groups is 1. The zero-order valence-corrected chi connectivity index (χ0v) is 13.8. The summed E-state index contributed by atoms with van der Waals surface area (Å²) in [5.41, 5.74) is 1.02. The van der Waals surface area contributed by atoms with Crippen molar-refractivity contribution < 1.29 is 4.79 Å². The molecule has 0 saturated carbocycles. The van der Waals surface area contributed by atoms with E-state index in [1.807, 2.05) is 32.8 Å². The number of thiazole rings is 1. The summed E-state index contributed by atoms with van der Waals surface area (Å²) in [6.07, 6.45) is 1.47. The van der Waals surface area contributed by atoms with Crippen molar-refractivity contribution in [3.05, 3.63) is 14.5 Å². The van der Waals surface area contributed by atoms with Crippen molar-refractivity contribution in [1.82, 2.24) is 14.8 Å². The first-order chi connectivity index (χ1) is 8.93. The highest BCUT2D eigenvalue weighted by atomic mass is 32.1. The van der Waals surface area contributed by atoms with Crippen LogP contribution in [0.5, 0.6) is 0 Å². The molecule has 1 amide bonds. The van der Waals surface area contributed by atoms with E-state index in [9.17, 15) is 4.79 Å². The SMILES string of the molecule is CCN(CCCN(C)C)C(=O)Cc1sc(=S)[nH]c1C. The average Bonchev–Trinajstić information content (AvgIpc) is 2.63. The Balaban J connectivity index is 2.54. The normalized spacial score (nSPS) is 11.0. The van der Waals surface area contributed by atoms with Crippen LogP contribution in [0.3, 0.4) is 0 Å². The van der Waals surface area contributed by atoms with E-state index in [-0.39, 0.29) is 5.91 Å². The molecule has 108 valence electrons. The van der Waals surface area contributed by atoms with Gasteiger partial charge in [-0.2, -0.15) is 0 Å². The maximum atomic E-state index is 12.3. The highest BCUT2D eigenvalue weighted by Gasteiger charge is 2.14. The van der Waals surface area contributed by atoms with Crippen molar-refractivity contribution in [3.63, 3.8) is 0 Å². The molecular formula is C13H23N3OS2. The van der Waals surface area contributed by atoms with Crippen LogP contribution in [0.15, 0.2) is 0 Å². The first kappa shape index (κ1) is 16.3. The van der Waals surface area contributed by atoms with Gasteiger partial charge in [0.25, 0.3) is 0 Å². The van der Waals surface area contributed by atoms with Crippen molar-refractivity contribution >= 4 is 29.5 Å². The second-order valence-electron chi connectivity index (χ2n) is 4.87. The van der Waals surface area contributed by atoms with Crippen LogP contribution < -0.4 is 0 Å². The Morgan fingerprint density at radius 2 is 2.05 bits per heavy atom. The molecule has 1 aromatic rings. The molecule has 0 aliphatic carbocycles. The number of nitrogens with one attached hydrogen (secondary N) is 1. The van der Waals surface area contributed by atoms with Gasteiger partial charge >= 0.3 is 0 Å². The molecule has 1 rings (SSSR count). The van der Waals surface area contributed by atoms with Gasteiger partial charge in [0.1, 0.15) is 0 Å². The summed E-state index contributed by atoms with van der Waals surface area (Å²) < 4.78 is 0.746. The lowest BCUT2D eigenvalue weighted by Gasteiger charge is -2.21. The topological polar surface area (TPSA) is 39.3 Å². The van der Waals surface area contributed by atoms with E-state index in [2.05, 4.69) is 9.88 Å². The van der Waals surface area contributed by atoms with Crippen molar-refractivity contribution in [2.24, 2.45) is 0 Å². The van der Waals surface area contributed by atoms with E-state index in [0.717, 1.165) is 40.6 Å². The summed E-state index contributed by atoms with van der Waals surface area (Å²) in [4.78, 5) is 20.5. The molecule has 19 heavy (non-hydrogen) atoms. The number of aryl methyl sites for hydroxylation is 1. The van der Waals surface area contributed by atoms with Gasteiger partial charge in [0.15, 0.2) is 3.95 Å². The second-order valence-corrected chi connectivity index (χ2v) is 6.64. The van der Waals surface area contributed by atoms with E-state index >= 15 is 0 Å². The summed E-state index contributed by atoms with van der Waals surface area (Å²) in [6, 6.07) is 0. The Kier molecular flexibility index (Phi) is 6.68. The fourth-order valence-corrected chi connectivity index (χ4v) is 3.17. The van der Waals surface area contributed by atoms with Crippen LogP contribution in [-0.4, -0.2) is 54.4 Å². The van der Waals surface area contributed by atoms with E-state index in [4.69, 9.17) is 12.2 Å². The number of aromatic amines is 1. The molecule has 0 bridgehead atoms. The van der Waals surface area contributed by atoms with Crippen LogP contribution >= 0.6 is 23.6 Å². The first-order valence-electron chi connectivity index (χ1n) is 6.55.